The first kappa shape index (κ1) is 15.3. The summed E-state index contributed by atoms with van der Waals surface area (Å²) in [5.74, 6) is 0.0437. The van der Waals surface area contributed by atoms with Gasteiger partial charge in [-0.15, -0.1) is 0 Å². The van der Waals surface area contributed by atoms with Crippen molar-refractivity contribution in [1.82, 2.24) is 4.72 Å². The fraction of sp³-hybridized carbons (Fsp3) is 0.571. The molecule has 1 aromatic carbocycles. The minimum Gasteiger partial charge on any atom is -0.396 e. The topological polar surface area (TPSA) is 78.4 Å². The highest BCUT2D eigenvalue weighted by Gasteiger charge is 2.29. The standard InChI is InChI=1S/C14H22N2O3S/c1-10(9-17)11(2)15-13-5-3-4-6-14(13)20(18,19)16-12-7-8-12/h3-6,10-12,15-17H,7-9H2,1-2H3. The van der Waals surface area contributed by atoms with Crippen molar-refractivity contribution in [3.05, 3.63) is 24.3 Å². The van der Waals surface area contributed by atoms with Gasteiger partial charge in [0, 0.05) is 18.7 Å². The van der Waals surface area contributed by atoms with Gasteiger partial charge < -0.3 is 10.4 Å². The van der Waals surface area contributed by atoms with Crippen LogP contribution in [-0.4, -0.2) is 32.2 Å². The highest BCUT2D eigenvalue weighted by atomic mass is 32.2. The van der Waals surface area contributed by atoms with E-state index >= 15 is 0 Å². The zero-order valence-corrected chi connectivity index (χ0v) is 12.7. The summed E-state index contributed by atoms with van der Waals surface area (Å²) in [6.45, 7) is 3.90. The Morgan fingerprint density at radius 2 is 1.95 bits per heavy atom. The summed E-state index contributed by atoms with van der Waals surface area (Å²) < 4.78 is 27.3. The molecular formula is C14H22N2O3S. The van der Waals surface area contributed by atoms with Gasteiger partial charge in [0.05, 0.1) is 5.69 Å². The Morgan fingerprint density at radius 3 is 2.55 bits per heavy atom. The zero-order chi connectivity index (χ0) is 14.8. The second-order valence-corrected chi connectivity index (χ2v) is 7.17. The van der Waals surface area contributed by atoms with E-state index in [1.54, 1.807) is 24.3 Å². The van der Waals surface area contributed by atoms with Gasteiger partial charge in [-0.3, -0.25) is 0 Å². The molecule has 112 valence electrons. The quantitative estimate of drug-likeness (QED) is 0.714. The molecule has 1 fully saturated rings. The molecule has 0 aliphatic heterocycles. The molecule has 0 bridgehead atoms. The van der Waals surface area contributed by atoms with Crippen LogP contribution in [0, 0.1) is 5.92 Å². The number of sulfonamides is 1. The Balaban J connectivity index is 2.21. The predicted octanol–water partition coefficient (Wildman–Crippen LogP) is 1.56. The van der Waals surface area contributed by atoms with Crippen molar-refractivity contribution in [2.45, 2.75) is 43.7 Å². The molecule has 1 aliphatic carbocycles. The molecule has 3 N–H and O–H groups in total. The van der Waals surface area contributed by atoms with Crippen LogP contribution < -0.4 is 10.0 Å². The Morgan fingerprint density at radius 1 is 1.30 bits per heavy atom. The molecule has 0 saturated heterocycles. The molecule has 0 amide bonds. The lowest BCUT2D eigenvalue weighted by molar-refractivity contribution is 0.226. The normalized spacial score (nSPS) is 18.6. The van der Waals surface area contributed by atoms with Gasteiger partial charge >= 0.3 is 0 Å². The van der Waals surface area contributed by atoms with Gasteiger partial charge in [-0.05, 0) is 37.8 Å². The molecule has 6 heteroatoms. The lowest BCUT2D eigenvalue weighted by atomic mass is 10.0. The second kappa shape index (κ2) is 6.11. The van der Waals surface area contributed by atoms with Crippen LogP contribution in [-0.2, 0) is 10.0 Å². The molecule has 1 saturated carbocycles. The van der Waals surface area contributed by atoms with Crippen molar-refractivity contribution in [3.63, 3.8) is 0 Å². The number of hydrogen-bond acceptors (Lipinski definition) is 4. The van der Waals surface area contributed by atoms with Gasteiger partial charge in [-0.25, -0.2) is 13.1 Å². The number of rotatable bonds is 7. The van der Waals surface area contributed by atoms with Crippen LogP contribution >= 0.6 is 0 Å². The Labute approximate surface area is 120 Å². The van der Waals surface area contributed by atoms with Crippen molar-refractivity contribution < 1.29 is 13.5 Å². The molecule has 0 spiro atoms. The van der Waals surface area contributed by atoms with E-state index in [-0.39, 0.29) is 29.5 Å². The highest BCUT2D eigenvalue weighted by molar-refractivity contribution is 7.89. The SMILES string of the molecule is CC(CO)C(C)Nc1ccccc1S(=O)(=O)NC1CC1. The van der Waals surface area contributed by atoms with Crippen LogP contribution in [0.3, 0.4) is 0 Å². The van der Waals surface area contributed by atoms with E-state index in [1.165, 1.54) is 0 Å². The summed E-state index contributed by atoms with van der Waals surface area (Å²) in [5, 5.41) is 12.4. The monoisotopic (exact) mass is 298 g/mol. The lowest BCUT2D eigenvalue weighted by Crippen LogP contribution is -2.30. The molecule has 2 rings (SSSR count). The highest BCUT2D eigenvalue weighted by Crippen LogP contribution is 2.26. The van der Waals surface area contributed by atoms with Gasteiger partial charge in [0.25, 0.3) is 0 Å². The number of aliphatic hydroxyl groups excluding tert-OH is 1. The molecule has 1 aromatic rings. The van der Waals surface area contributed by atoms with Crippen molar-refractivity contribution >= 4 is 15.7 Å². The molecule has 2 unspecified atom stereocenters. The van der Waals surface area contributed by atoms with Crippen molar-refractivity contribution in [2.75, 3.05) is 11.9 Å². The van der Waals surface area contributed by atoms with E-state index in [0.717, 1.165) is 12.8 Å². The smallest absolute Gasteiger partial charge is 0.242 e. The maximum atomic E-state index is 12.3. The average Bonchev–Trinajstić information content (AvgIpc) is 3.21. The zero-order valence-electron chi connectivity index (χ0n) is 11.8. The summed E-state index contributed by atoms with van der Waals surface area (Å²) in [7, 11) is -3.48. The van der Waals surface area contributed by atoms with E-state index in [2.05, 4.69) is 10.0 Å². The average molecular weight is 298 g/mol. The molecule has 1 aliphatic rings. The van der Waals surface area contributed by atoms with E-state index in [9.17, 15) is 8.42 Å². The first-order valence-corrected chi connectivity index (χ1v) is 8.41. The first-order chi connectivity index (χ1) is 9.44. The fourth-order valence-electron chi connectivity index (χ4n) is 1.85. The summed E-state index contributed by atoms with van der Waals surface area (Å²) in [6.07, 6.45) is 1.82. The maximum Gasteiger partial charge on any atom is 0.242 e. The van der Waals surface area contributed by atoms with Crippen LogP contribution in [0.5, 0.6) is 0 Å². The van der Waals surface area contributed by atoms with E-state index < -0.39 is 10.0 Å². The van der Waals surface area contributed by atoms with Gasteiger partial charge in [-0.1, -0.05) is 19.1 Å². The molecule has 0 radical (unpaired) electrons. The Bertz CT molecular complexity index is 555. The van der Waals surface area contributed by atoms with Crippen molar-refractivity contribution in [1.29, 1.82) is 0 Å². The predicted molar refractivity (Wildman–Crippen MR) is 79.1 cm³/mol. The molecule has 5 nitrogen and oxygen atoms in total. The van der Waals surface area contributed by atoms with Crippen LogP contribution in [0.4, 0.5) is 5.69 Å². The summed E-state index contributed by atoms with van der Waals surface area (Å²) >= 11 is 0. The van der Waals surface area contributed by atoms with Crippen molar-refractivity contribution in [2.24, 2.45) is 5.92 Å². The van der Waals surface area contributed by atoms with Gasteiger partial charge in [0.2, 0.25) is 10.0 Å². The molecule has 0 heterocycles. The van der Waals surface area contributed by atoms with Gasteiger partial charge in [-0.2, -0.15) is 0 Å². The van der Waals surface area contributed by atoms with Crippen LogP contribution in [0.25, 0.3) is 0 Å². The minimum atomic E-state index is -3.48. The molecule has 0 aromatic heterocycles. The Hall–Kier alpha value is -1.11. The van der Waals surface area contributed by atoms with E-state index in [1.807, 2.05) is 13.8 Å². The fourth-order valence-corrected chi connectivity index (χ4v) is 3.33. The third-order valence-corrected chi connectivity index (χ3v) is 5.18. The lowest BCUT2D eigenvalue weighted by Gasteiger charge is -2.22. The first-order valence-electron chi connectivity index (χ1n) is 6.93. The number of anilines is 1. The third-order valence-electron chi connectivity index (χ3n) is 3.60. The van der Waals surface area contributed by atoms with Crippen molar-refractivity contribution in [3.8, 4) is 0 Å². The van der Waals surface area contributed by atoms with Gasteiger partial charge in [0.15, 0.2) is 0 Å². The van der Waals surface area contributed by atoms with Crippen LogP contribution in [0.15, 0.2) is 29.2 Å². The molecule has 20 heavy (non-hydrogen) atoms. The maximum absolute atomic E-state index is 12.3. The number of nitrogens with one attached hydrogen (secondary N) is 2. The summed E-state index contributed by atoms with van der Waals surface area (Å²) in [6, 6.07) is 6.94. The number of para-hydroxylation sites is 1. The number of benzene rings is 1. The van der Waals surface area contributed by atoms with Crippen LogP contribution in [0.1, 0.15) is 26.7 Å². The Kier molecular flexibility index (Phi) is 4.67. The largest absolute Gasteiger partial charge is 0.396 e. The number of hydrogen-bond donors (Lipinski definition) is 3. The summed E-state index contributed by atoms with van der Waals surface area (Å²) in [4.78, 5) is 0.267. The second-order valence-electron chi connectivity index (χ2n) is 5.48. The van der Waals surface area contributed by atoms with E-state index in [4.69, 9.17) is 5.11 Å². The summed E-state index contributed by atoms with van der Waals surface area (Å²) in [5.41, 5.74) is 0.577. The molecule has 2 atom stereocenters. The third kappa shape index (κ3) is 3.71. The van der Waals surface area contributed by atoms with Gasteiger partial charge in [0.1, 0.15) is 4.90 Å². The van der Waals surface area contributed by atoms with E-state index in [0.29, 0.717) is 5.69 Å². The number of aliphatic hydroxyl groups is 1. The minimum absolute atomic E-state index is 0.0164. The molecular weight excluding hydrogens is 276 g/mol. The van der Waals surface area contributed by atoms with Crippen LogP contribution in [0.2, 0.25) is 0 Å².